The second kappa shape index (κ2) is 4.93. The minimum atomic E-state index is -0.396. The highest BCUT2D eigenvalue weighted by molar-refractivity contribution is 9.10. The van der Waals surface area contributed by atoms with Crippen LogP contribution in [0, 0.1) is 5.82 Å². The van der Waals surface area contributed by atoms with E-state index in [1.165, 1.54) is 12.1 Å². The average Bonchev–Trinajstić information content (AvgIpc) is 2.28. The summed E-state index contributed by atoms with van der Waals surface area (Å²) in [5.41, 5.74) is 0.397. The number of hydrogen-bond acceptors (Lipinski definition) is 2. The first-order valence-corrected chi connectivity index (χ1v) is 5.92. The van der Waals surface area contributed by atoms with Crippen LogP contribution in [-0.4, -0.2) is 37.0 Å². The van der Waals surface area contributed by atoms with E-state index in [0.717, 1.165) is 13.1 Å². The first-order valence-electron chi connectivity index (χ1n) is 5.13. The fraction of sp³-hybridized carbons (Fsp3) is 0.364. The largest absolute Gasteiger partial charge is 0.336 e. The number of carbonyl (C=O) groups is 1. The molecule has 0 atom stereocenters. The summed E-state index contributed by atoms with van der Waals surface area (Å²) in [7, 11) is 0. The molecule has 1 amide bonds. The number of rotatable bonds is 1. The normalized spacial score (nSPS) is 16.2. The maximum absolute atomic E-state index is 13.1. The number of hydrogen-bond donors (Lipinski definition) is 1. The molecule has 0 saturated carbocycles. The van der Waals surface area contributed by atoms with Crippen LogP contribution in [0.2, 0.25) is 0 Å². The molecule has 5 heteroatoms. The van der Waals surface area contributed by atoms with Gasteiger partial charge in [-0.3, -0.25) is 4.79 Å². The highest BCUT2D eigenvalue weighted by Crippen LogP contribution is 2.16. The van der Waals surface area contributed by atoms with Gasteiger partial charge in [-0.15, -0.1) is 0 Å². The molecule has 1 saturated heterocycles. The predicted octanol–water partition coefficient (Wildman–Crippen LogP) is 1.63. The lowest BCUT2D eigenvalue weighted by Gasteiger charge is -2.27. The van der Waals surface area contributed by atoms with Gasteiger partial charge in [0.15, 0.2) is 0 Å². The van der Waals surface area contributed by atoms with Crippen LogP contribution in [0.15, 0.2) is 22.7 Å². The van der Waals surface area contributed by atoms with Crippen molar-refractivity contribution in [3.63, 3.8) is 0 Å². The molecule has 0 bridgehead atoms. The third kappa shape index (κ3) is 2.59. The predicted molar refractivity (Wildman–Crippen MR) is 62.9 cm³/mol. The summed E-state index contributed by atoms with van der Waals surface area (Å²) >= 11 is 3.18. The highest BCUT2D eigenvalue weighted by Gasteiger charge is 2.18. The zero-order chi connectivity index (χ0) is 11.5. The van der Waals surface area contributed by atoms with E-state index in [1.54, 1.807) is 11.0 Å². The quantitative estimate of drug-likeness (QED) is 0.851. The molecule has 86 valence electrons. The van der Waals surface area contributed by atoms with Crippen LogP contribution >= 0.6 is 15.9 Å². The standard InChI is InChI=1S/C11H12BrFN2O/c12-9-5-8(6-10(13)7-9)11(16)15-3-1-14-2-4-15/h5-7,14H,1-4H2. The van der Waals surface area contributed by atoms with Gasteiger partial charge in [-0.2, -0.15) is 0 Å². The van der Waals surface area contributed by atoms with Crippen LogP contribution in [0.1, 0.15) is 10.4 Å². The van der Waals surface area contributed by atoms with Gasteiger partial charge in [0.25, 0.3) is 5.91 Å². The third-order valence-corrected chi connectivity index (χ3v) is 2.97. The van der Waals surface area contributed by atoms with Crippen LogP contribution in [-0.2, 0) is 0 Å². The van der Waals surface area contributed by atoms with Gasteiger partial charge < -0.3 is 10.2 Å². The third-order valence-electron chi connectivity index (χ3n) is 2.51. The minimum absolute atomic E-state index is 0.110. The Morgan fingerprint density at radius 2 is 2.00 bits per heavy atom. The number of halogens is 2. The molecule has 16 heavy (non-hydrogen) atoms. The zero-order valence-corrected chi connectivity index (χ0v) is 10.3. The molecule has 1 heterocycles. The monoisotopic (exact) mass is 286 g/mol. The summed E-state index contributed by atoms with van der Waals surface area (Å²) in [6, 6.07) is 4.26. The van der Waals surface area contributed by atoms with E-state index in [-0.39, 0.29) is 5.91 Å². The van der Waals surface area contributed by atoms with Gasteiger partial charge in [0.2, 0.25) is 0 Å². The van der Waals surface area contributed by atoms with Crippen molar-refractivity contribution in [1.82, 2.24) is 10.2 Å². The number of piperazine rings is 1. The SMILES string of the molecule is O=C(c1cc(F)cc(Br)c1)N1CCNCC1. The highest BCUT2D eigenvalue weighted by atomic mass is 79.9. The van der Waals surface area contributed by atoms with Crippen LogP contribution < -0.4 is 5.32 Å². The van der Waals surface area contributed by atoms with Crippen LogP contribution in [0.5, 0.6) is 0 Å². The topological polar surface area (TPSA) is 32.3 Å². The van der Waals surface area contributed by atoms with E-state index >= 15 is 0 Å². The molecule has 1 N–H and O–H groups in total. The summed E-state index contributed by atoms with van der Waals surface area (Å²) in [6.45, 7) is 2.93. The Kier molecular flexibility index (Phi) is 3.56. The Labute approximate surface area is 102 Å². The molecule has 0 aliphatic carbocycles. The smallest absolute Gasteiger partial charge is 0.254 e. The summed E-state index contributed by atoms with van der Waals surface area (Å²) < 4.78 is 13.7. The Morgan fingerprint density at radius 1 is 1.31 bits per heavy atom. The van der Waals surface area contributed by atoms with Gasteiger partial charge in [-0.05, 0) is 18.2 Å². The molecule has 1 aromatic carbocycles. The Bertz CT molecular complexity index is 385. The summed E-state index contributed by atoms with van der Waals surface area (Å²) in [4.78, 5) is 13.7. The molecule has 0 spiro atoms. The van der Waals surface area contributed by atoms with E-state index in [2.05, 4.69) is 21.2 Å². The summed E-state index contributed by atoms with van der Waals surface area (Å²) in [5.74, 6) is -0.505. The van der Waals surface area contributed by atoms with E-state index in [0.29, 0.717) is 23.1 Å². The lowest BCUT2D eigenvalue weighted by molar-refractivity contribution is 0.0735. The first-order chi connectivity index (χ1) is 7.66. The minimum Gasteiger partial charge on any atom is -0.336 e. The lowest BCUT2D eigenvalue weighted by atomic mass is 10.2. The van der Waals surface area contributed by atoms with Crippen molar-refractivity contribution in [3.05, 3.63) is 34.1 Å². The average molecular weight is 287 g/mol. The molecule has 0 unspecified atom stereocenters. The fourth-order valence-electron chi connectivity index (χ4n) is 1.73. The molecular weight excluding hydrogens is 275 g/mol. The molecule has 2 rings (SSSR count). The van der Waals surface area contributed by atoms with Crippen LogP contribution in [0.25, 0.3) is 0 Å². The Balaban J connectivity index is 2.19. The second-order valence-corrected chi connectivity index (χ2v) is 4.62. The number of nitrogens with zero attached hydrogens (tertiary/aromatic N) is 1. The molecule has 1 fully saturated rings. The van der Waals surface area contributed by atoms with E-state index < -0.39 is 5.82 Å². The van der Waals surface area contributed by atoms with Crippen molar-refractivity contribution in [2.24, 2.45) is 0 Å². The number of benzene rings is 1. The lowest BCUT2D eigenvalue weighted by Crippen LogP contribution is -2.46. The van der Waals surface area contributed by atoms with E-state index in [4.69, 9.17) is 0 Å². The Hall–Kier alpha value is -0.940. The van der Waals surface area contributed by atoms with E-state index in [1.807, 2.05) is 0 Å². The van der Waals surface area contributed by atoms with Gasteiger partial charge in [0, 0.05) is 36.2 Å². The summed E-state index contributed by atoms with van der Waals surface area (Å²) in [5, 5.41) is 3.17. The van der Waals surface area contributed by atoms with Crippen molar-refractivity contribution in [2.75, 3.05) is 26.2 Å². The first kappa shape index (κ1) is 11.5. The van der Waals surface area contributed by atoms with Crippen LogP contribution in [0.3, 0.4) is 0 Å². The molecule has 1 aliphatic rings. The maximum Gasteiger partial charge on any atom is 0.254 e. The number of carbonyl (C=O) groups excluding carboxylic acids is 1. The second-order valence-electron chi connectivity index (χ2n) is 3.70. The molecular formula is C11H12BrFN2O. The van der Waals surface area contributed by atoms with Crippen molar-refractivity contribution in [2.45, 2.75) is 0 Å². The van der Waals surface area contributed by atoms with Gasteiger partial charge in [-0.25, -0.2) is 4.39 Å². The molecule has 1 aromatic rings. The number of amides is 1. The van der Waals surface area contributed by atoms with Gasteiger partial charge in [-0.1, -0.05) is 15.9 Å². The zero-order valence-electron chi connectivity index (χ0n) is 8.67. The van der Waals surface area contributed by atoms with Crippen molar-refractivity contribution in [3.8, 4) is 0 Å². The summed E-state index contributed by atoms with van der Waals surface area (Å²) in [6.07, 6.45) is 0. The van der Waals surface area contributed by atoms with Gasteiger partial charge in [0.05, 0.1) is 0 Å². The Morgan fingerprint density at radius 3 is 2.62 bits per heavy atom. The van der Waals surface area contributed by atoms with Crippen molar-refractivity contribution in [1.29, 1.82) is 0 Å². The maximum atomic E-state index is 13.1. The van der Waals surface area contributed by atoms with Gasteiger partial charge in [0.1, 0.15) is 5.82 Å². The molecule has 1 aliphatic heterocycles. The van der Waals surface area contributed by atoms with Crippen molar-refractivity contribution >= 4 is 21.8 Å². The van der Waals surface area contributed by atoms with Gasteiger partial charge >= 0.3 is 0 Å². The molecule has 0 aromatic heterocycles. The van der Waals surface area contributed by atoms with Crippen LogP contribution in [0.4, 0.5) is 4.39 Å². The molecule has 0 radical (unpaired) electrons. The number of nitrogens with one attached hydrogen (secondary N) is 1. The molecule has 3 nitrogen and oxygen atoms in total. The fourth-order valence-corrected chi connectivity index (χ4v) is 2.19. The van der Waals surface area contributed by atoms with Crippen molar-refractivity contribution < 1.29 is 9.18 Å². The van der Waals surface area contributed by atoms with E-state index in [9.17, 15) is 9.18 Å².